The van der Waals surface area contributed by atoms with Crippen molar-refractivity contribution in [3.05, 3.63) is 33.8 Å². The minimum Gasteiger partial charge on any atom is -0.369 e. The van der Waals surface area contributed by atoms with Crippen molar-refractivity contribution < 1.29 is 0 Å². The molecule has 118 valence electrons. The molecular weight excluding hydrogens is 332 g/mol. The Morgan fingerprint density at radius 2 is 2.05 bits per heavy atom. The van der Waals surface area contributed by atoms with E-state index in [0.29, 0.717) is 0 Å². The molecule has 0 atom stereocenters. The number of aromatic nitrogens is 2. The molecule has 0 radical (unpaired) electrons. The van der Waals surface area contributed by atoms with E-state index in [0.717, 1.165) is 41.1 Å². The Labute approximate surface area is 144 Å². The summed E-state index contributed by atoms with van der Waals surface area (Å²) in [6.07, 6.45) is 2.04. The van der Waals surface area contributed by atoms with E-state index in [1.165, 1.54) is 11.3 Å². The summed E-state index contributed by atoms with van der Waals surface area (Å²) in [5, 5.41) is 4.55. The van der Waals surface area contributed by atoms with E-state index in [1.54, 1.807) is 23.1 Å². The van der Waals surface area contributed by atoms with Crippen LogP contribution in [0, 0.1) is 10.9 Å². The summed E-state index contributed by atoms with van der Waals surface area (Å²) >= 11 is 8.64. The Kier molecular flexibility index (Phi) is 5.18. The second-order valence-corrected chi connectivity index (χ2v) is 8.10. The fourth-order valence-electron chi connectivity index (χ4n) is 2.62. The average Bonchev–Trinajstić information content (AvgIpc) is 2.88. The van der Waals surface area contributed by atoms with Crippen molar-refractivity contribution in [2.45, 2.75) is 17.9 Å². The zero-order valence-corrected chi connectivity index (χ0v) is 15.3. The minimum absolute atomic E-state index is 0.803. The van der Waals surface area contributed by atoms with Gasteiger partial charge >= 0.3 is 0 Å². The van der Waals surface area contributed by atoms with Crippen LogP contribution in [0.4, 0.5) is 5.69 Å². The van der Waals surface area contributed by atoms with E-state index >= 15 is 0 Å². The quantitative estimate of drug-likeness (QED) is 0.619. The second kappa shape index (κ2) is 7.12. The van der Waals surface area contributed by atoms with Gasteiger partial charge in [0.15, 0.2) is 8.29 Å². The van der Waals surface area contributed by atoms with E-state index in [2.05, 4.69) is 46.1 Å². The van der Waals surface area contributed by atoms with Crippen LogP contribution < -0.4 is 4.90 Å². The van der Waals surface area contributed by atoms with Gasteiger partial charge < -0.3 is 4.90 Å². The van der Waals surface area contributed by atoms with E-state index in [9.17, 15) is 0 Å². The van der Waals surface area contributed by atoms with Gasteiger partial charge in [0.2, 0.25) is 0 Å². The summed E-state index contributed by atoms with van der Waals surface area (Å²) in [4.78, 5) is 4.88. The molecule has 1 aliphatic rings. The number of hydrogen-bond acceptors (Lipinski definition) is 6. The van der Waals surface area contributed by atoms with E-state index in [-0.39, 0.29) is 0 Å². The number of hydrogen-bond donors (Lipinski definition) is 0. The molecule has 2 aromatic rings. The maximum Gasteiger partial charge on any atom is 0.181 e. The normalized spacial score (nSPS) is 16.2. The standard InChI is InChI=1S/C15H20N4S3/c1-12-4-3-5-13(10-12)18-8-6-17(7-9-18)11-19-15(20)22-14(16-19)21-2/h3-5,10H,6-9,11H2,1-2H3. The Morgan fingerprint density at radius 3 is 2.68 bits per heavy atom. The number of rotatable bonds is 4. The van der Waals surface area contributed by atoms with E-state index < -0.39 is 0 Å². The second-order valence-electron chi connectivity index (χ2n) is 5.42. The molecule has 0 amide bonds. The van der Waals surface area contributed by atoms with Crippen LogP contribution in [0.5, 0.6) is 0 Å². The maximum atomic E-state index is 5.39. The molecule has 2 heterocycles. The number of aryl methyl sites for hydroxylation is 1. The predicted octanol–water partition coefficient (Wildman–Crippen LogP) is 3.48. The van der Waals surface area contributed by atoms with Gasteiger partial charge in [0.25, 0.3) is 0 Å². The van der Waals surface area contributed by atoms with Crippen molar-refractivity contribution in [2.24, 2.45) is 0 Å². The van der Waals surface area contributed by atoms with Crippen LogP contribution >= 0.6 is 35.3 Å². The molecule has 0 unspecified atom stereocenters. The van der Waals surface area contributed by atoms with E-state index in [4.69, 9.17) is 12.2 Å². The summed E-state index contributed by atoms with van der Waals surface area (Å²) in [6, 6.07) is 8.74. The number of piperazine rings is 1. The maximum absolute atomic E-state index is 5.39. The molecule has 1 fully saturated rings. The molecule has 4 nitrogen and oxygen atoms in total. The van der Waals surface area contributed by atoms with Crippen LogP contribution in [-0.4, -0.2) is 47.1 Å². The zero-order valence-electron chi connectivity index (χ0n) is 12.9. The molecule has 0 N–H and O–H groups in total. The molecule has 1 aliphatic heterocycles. The number of anilines is 1. The molecule has 0 saturated carbocycles. The molecule has 1 aromatic carbocycles. The Morgan fingerprint density at radius 1 is 1.27 bits per heavy atom. The van der Waals surface area contributed by atoms with Crippen LogP contribution in [0.1, 0.15) is 5.56 Å². The summed E-state index contributed by atoms with van der Waals surface area (Å²) in [5.41, 5.74) is 2.65. The van der Waals surface area contributed by atoms with Gasteiger partial charge in [-0.15, -0.1) is 0 Å². The van der Waals surface area contributed by atoms with Gasteiger partial charge in [-0.2, -0.15) is 5.10 Å². The highest BCUT2D eigenvalue weighted by molar-refractivity contribution is 8.00. The van der Waals surface area contributed by atoms with Crippen molar-refractivity contribution >= 4 is 41.0 Å². The van der Waals surface area contributed by atoms with Crippen LogP contribution in [-0.2, 0) is 6.67 Å². The average molecular weight is 353 g/mol. The zero-order chi connectivity index (χ0) is 15.5. The topological polar surface area (TPSA) is 24.3 Å². The smallest absolute Gasteiger partial charge is 0.181 e. The SMILES string of the molecule is CSc1nn(CN2CCN(c3cccc(C)c3)CC2)c(=S)s1. The predicted molar refractivity (Wildman–Crippen MR) is 97.7 cm³/mol. The lowest BCUT2D eigenvalue weighted by molar-refractivity contribution is 0.194. The van der Waals surface area contributed by atoms with Gasteiger partial charge in [-0.05, 0) is 43.1 Å². The third kappa shape index (κ3) is 3.71. The molecule has 0 aliphatic carbocycles. The molecule has 0 bridgehead atoms. The highest BCUT2D eigenvalue weighted by atomic mass is 32.2. The lowest BCUT2D eigenvalue weighted by atomic mass is 10.2. The first-order valence-corrected chi connectivity index (χ1v) is 9.76. The van der Waals surface area contributed by atoms with Crippen molar-refractivity contribution in [1.82, 2.24) is 14.7 Å². The molecule has 3 rings (SSSR count). The third-order valence-electron chi connectivity index (χ3n) is 3.84. The first-order valence-electron chi connectivity index (χ1n) is 7.31. The van der Waals surface area contributed by atoms with Crippen molar-refractivity contribution in [2.75, 3.05) is 37.3 Å². The third-order valence-corrected chi connectivity index (χ3v) is 6.12. The summed E-state index contributed by atoms with van der Waals surface area (Å²) < 4.78 is 3.86. The van der Waals surface area contributed by atoms with Gasteiger partial charge in [0.05, 0.1) is 6.67 Å². The van der Waals surface area contributed by atoms with Gasteiger partial charge in [-0.25, -0.2) is 4.68 Å². The van der Waals surface area contributed by atoms with Gasteiger partial charge in [0, 0.05) is 31.9 Å². The molecule has 0 spiro atoms. The highest BCUT2D eigenvalue weighted by Crippen LogP contribution is 2.20. The lowest BCUT2D eigenvalue weighted by Gasteiger charge is -2.36. The Bertz CT molecular complexity index is 686. The molecule has 7 heteroatoms. The fraction of sp³-hybridized carbons (Fsp3) is 0.467. The van der Waals surface area contributed by atoms with Crippen LogP contribution in [0.15, 0.2) is 28.6 Å². The lowest BCUT2D eigenvalue weighted by Crippen LogP contribution is -2.46. The first kappa shape index (κ1) is 16.0. The van der Waals surface area contributed by atoms with Crippen molar-refractivity contribution in [3.8, 4) is 0 Å². The largest absolute Gasteiger partial charge is 0.369 e. The van der Waals surface area contributed by atoms with Gasteiger partial charge in [-0.3, -0.25) is 4.90 Å². The summed E-state index contributed by atoms with van der Waals surface area (Å²) in [6.45, 7) is 7.14. The van der Waals surface area contributed by atoms with Crippen molar-refractivity contribution in [3.63, 3.8) is 0 Å². The summed E-state index contributed by atoms with van der Waals surface area (Å²) in [5.74, 6) is 0. The highest BCUT2D eigenvalue weighted by Gasteiger charge is 2.18. The van der Waals surface area contributed by atoms with Gasteiger partial charge in [-0.1, -0.05) is 35.2 Å². The van der Waals surface area contributed by atoms with E-state index in [1.807, 2.05) is 10.9 Å². The molecule has 1 saturated heterocycles. The Hall–Kier alpha value is -0.890. The number of thioether (sulfide) groups is 1. The fourth-order valence-corrected chi connectivity index (χ4v) is 4.36. The summed E-state index contributed by atoms with van der Waals surface area (Å²) in [7, 11) is 0. The molecular formula is C15H20N4S3. The number of nitrogens with zero attached hydrogens (tertiary/aromatic N) is 4. The van der Waals surface area contributed by atoms with Crippen LogP contribution in [0.3, 0.4) is 0 Å². The first-order chi connectivity index (χ1) is 10.7. The number of benzene rings is 1. The molecule has 22 heavy (non-hydrogen) atoms. The van der Waals surface area contributed by atoms with Crippen LogP contribution in [0.25, 0.3) is 0 Å². The Balaban J connectivity index is 1.59. The van der Waals surface area contributed by atoms with Crippen molar-refractivity contribution in [1.29, 1.82) is 0 Å². The van der Waals surface area contributed by atoms with Crippen LogP contribution in [0.2, 0.25) is 0 Å². The monoisotopic (exact) mass is 352 g/mol. The van der Waals surface area contributed by atoms with Gasteiger partial charge in [0.1, 0.15) is 0 Å². The molecule has 1 aromatic heterocycles. The minimum atomic E-state index is 0.803.